The minimum atomic E-state index is -0.167. The summed E-state index contributed by atoms with van der Waals surface area (Å²) in [6.07, 6.45) is 3.74. The molecule has 0 aliphatic carbocycles. The predicted octanol–water partition coefficient (Wildman–Crippen LogP) is 7.14. The van der Waals surface area contributed by atoms with Gasteiger partial charge in [-0.05, 0) is 103 Å². The molecule has 0 amide bonds. The van der Waals surface area contributed by atoms with Crippen LogP contribution in [0.25, 0.3) is 0 Å². The summed E-state index contributed by atoms with van der Waals surface area (Å²) < 4.78 is 11.1. The summed E-state index contributed by atoms with van der Waals surface area (Å²) in [5, 5.41) is 22.9. The molecule has 258 valence electrons. The average molecular weight is 648 g/mol. The van der Waals surface area contributed by atoms with Gasteiger partial charge < -0.3 is 29.5 Å². The van der Waals surface area contributed by atoms with Gasteiger partial charge >= 0.3 is 0 Å². The van der Waals surface area contributed by atoms with Gasteiger partial charge in [-0.15, -0.1) is 0 Å². The monoisotopic (exact) mass is 647 g/mol. The lowest BCUT2D eigenvalue weighted by Gasteiger charge is -2.20. The fraction of sp³-hybridized carbons (Fsp3) is 0.526. The molecule has 0 aliphatic rings. The summed E-state index contributed by atoms with van der Waals surface area (Å²) in [6.45, 7) is 19.0. The van der Waals surface area contributed by atoms with Gasteiger partial charge in [0, 0.05) is 23.2 Å². The molecule has 3 rings (SSSR count). The summed E-state index contributed by atoms with van der Waals surface area (Å²) in [5.41, 5.74) is 3.48. The van der Waals surface area contributed by atoms with Crippen LogP contribution >= 0.6 is 0 Å². The lowest BCUT2D eigenvalue weighted by molar-refractivity contribution is 0.294. The van der Waals surface area contributed by atoms with Gasteiger partial charge in [0.2, 0.25) is 11.8 Å². The van der Waals surface area contributed by atoms with Crippen LogP contribution in [0, 0.1) is 0 Å². The Labute approximate surface area is 282 Å². The highest BCUT2D eigenvalue weighted by Crippen LogP contribution is 2.36. The van der Waals surface area contributed by atoms with Crippen molar-refractivity contribution >= 4 is 11.4 Å². The van der Waals surface area contributed by atoms with Crippen molar-refractivity contribution in [3.05, 3.63) is 70.8 Å². The Balaban J connectivity index is 2.18. The number of ether oxygens (including phenoxy) is 2. The molecule has 0 saturated heterocycles. The maximum Gasteiger partial charge on any atom is 0.201 e. The van der Waals surface area contributed by atoms with E-state index in [-0.39, 0.29) is 23.8 Å². The maximum atomic E-state index is 11.5. The third-order valence-corrected chi connectivity index (χ3v) is 8.80. The zero-order chi connectivity index (χ0) is 34.3. The van der Waals surface area contributed by atoms with E-state index in [2.05, 4.69) is 56.3 Å². The van der Waals surface area contributed by atoms with Gasteiger partial charge in [0.15, 0.2) is 0 Å². The van der Waals surface area contributed by atoms with Crippen molar-refractivity contribution in [3.63, 3.8) is 0 Å². The van der Waals surface area contributed by atoms with Gasteiger partial charge in [-0.3, -0.25) is 15.0 Å². The van der Waals surface area contributed by atoms with E-state index < -0.39 is 0 Å². The SMILES string of the molecule is CCN(CC)CCCC(C)N=C(c1cccc(OC)c1)c1c(O)[nH]c(O)c1C(=NC(C)CCCN(CC)CC)c1cccc(OC)c1. The van der Waals surface area contributed by atoms with Crippen LogP contribution in [-0.2, 0) is 0 Å². The Kier molecular flexibility index (Phi) is 15.3. The molecule has 1 heterocycles. The highest BCUT2D eigenvalue weighted by atomic mass is 16.5. The number of nitrogens with one attached hydrogen (secondary N) is 1. The Bertz CT molecular complexity index is 1340. The zero-order valence-corrected chi connectivity index (χ0v) is 29.8. The van der Waals surface area contributed by atoms with E-state index in [4.69, 9.17) is 19.5 Å². The number of hydrogen-bond acceptors (Lipinski definition) is 8. The molecule has 0 radical (unpaired) electrons. The molecule has 47 heavy (non-hydrogen) atoms. The number of aromatic nitrogens is 1. The first-order chi connectivity index (χ1) is 22.7. The second-order valence-electron chi connectivity index (χ2n) is 12.0. The molecule has 1 aromatic heterocycles. The van der Waals surface area contributed by atoms with Crippen molar-refractivity contribution in [3.8, 4) is 23.3 Å². The first-order valence-electron chi connectivity index (χ1n) is 17.2. The maximum absolute atomic E-state index is 11.5. The number of hydrogen-bond donors (Lipinski definition) is 3. The highest BCUT2D eigenvalue weighted by molar-refractivity contribution is 6.25. The molecule has 0 saturated carbocycles. The van der Waals surface area contributed by atoms with Crippen molar-refractivity contribution in [2.75, 3.05) is 53.5 Å². The van der Waals surface area contributed by atoms with Gasteiger partial charge in [-0.1, -0.05) is 52.0 Å². The summed E-state index contributed by atoms with van der Waals surface area (Å²) in [4.78, 5) is 18.1. The van der Waals surface area contributed by atoms with Crippen molar-refractivity contribution in [1.29, 1.82) is 0 Å². The number of H-pyrrole nitrogens is 1. The second-order valence-corrected chi connectivity index (χ2v) is 12.0. The third kappa shape index (κ3) is 10.6. The second kappa shape index (κ2) is 19.1. The van der Waals surface area contributed by atoms with Crippen LogP contribution in [-0.4, -0.2) is 102 Å². The average Bonchev–Trinajstić information content (AvgIpc) is 3.38. The summed E-state index contributed by atoms with van der Waals surface area (Å²) in [7, 11) is 3.26. The zero-order valence-electron chi connectivity index (χ0n) is 29.8. The quantitative estimate of drug-likeness (QED) is 0.113. The molecule has 0 spiro atoms. The predicted molar refractivity (Wildman–Crippen MR) is 194 cm³/mol. The fourth-order valence-electron chi connectivity index (χ4n) is 5.91. The molecular formula is C38H57N5O4. The van der Waals surface area contributed by atoms with Gasteiger partial charge in [0.05, 0.1) is 36.8 Å². The van der Waals surface area contributed by atoms with E-state index in [9.17, 15) is 10.2 Å². The highest BCUT2D eigenvalue weighted by Gasteiger charge is 2.28. The van der Waals surface area contributed by atoms with Crippen LogP contribution < -0.4 is 9.47 Å². The largest absolute Gasteiger partial charge is 0.497 e. The van der Waals surface area contributed by atoms with Gasteiger partial charge in [-0.2, -0.15) is 0 Å². The van der Waals surface area contributed by atoms with Gasteiger partial charge in [-0.25, -0.2) is 0 Å². The van der Waals surface area contributed by atoms with Crippen molar-refractivity contribution in [2.45, 2.75) is 79.3 Å². The summed E-state index contributed by atoms with van der Waals surface area (Å²) in [6, 6.07) is 15.2. The van der Waals surface area contributed by atoms with Crippen LogP contribution in [0.15, 0.2) is 58.5 Å². The van der Waals surface area contributed by atoms with E-state index in [1.54, 1.807) is 14.2 Å². The minimum Gasteiger partial charge on any atom is -0.497 e. The van der Waals surface area contributed by atoms with Gasteiger partial charge in [0.25, 0.3) is 0 Å². The van der Waals surface area contributed by atoms with E-state index in [0.717, 1.165) is 76.1 Å². The molecule has 2 unspecified atom stereocenters. The number of aromatic amines is 1. The van der Waals surface area contributed by atoms with E-state index >= 15 is 0 Å². The Morgan fingerprint density at radius 1 is 0.681 bits per heavy atom. The van der Waals surface area contributed by atoms with E-state index in [0.29, 0.717) is 34.0 Å². The molecule has 0 fully saturated rings. The van der Waals surface area contributed by atoms with Crippen LogP contribution in [0.5, 0.6) is 23.3 Å². The number of nitrogens with zero attached hydrogens (tertiary/aromatic N) is 4. The molecule has 0 aliphatic heterocycles. The lowest BCUT2D eigenvalue weighted by Crippen LogP contribution is -2.24. The van der Waals surface area contributed by atoms with Crippen LogP contribution in [0.4, 0.5) is 0 Å². The van der Waals surface area contributed by atoms with Crippen molar-refractivity contribution in [1.82, 2.24) is 14.8 Å². The van der Waals surface area contributed by atoms with Gasteiger partial charge in [0.1, 0.15) is 11.5 Å². The normalized spacial score (nSPS) is 13.7. The number of rotatable bonds is 20. The van der Waals surface area contributed by atoms with Crippen LogP contribution in [0.1, 0.15) is 89.5 Å². The van der Waals surface area contributed by atoms with E-state index in [1.165, 1.54) is 0 Å². The smallest absolute Gasteiger partial charge is 0.201 e. The number of benzene rings is 2. The molecule has 3 N–H and O–H groups in total. The number of aliphatic imine (C=N–C) groups is 2. The summed E-state index contributed by atoms with van der Waals surface area (Å²) in [5.74, 6) is 1.01. The first-order valence-corrected chi connectivity index (χ1v) is 17.2. The van der Waals surface area contributed by atoms with E-state index in [1.807, 2.05) is 48.5 Å². The lowest BCUT2D eigenvalue weighted by atomic mass is 9.94. The molecule has 3 aromatic rings. The van der Waals surface area contributed by atoms with Crippen LogP contribution in [0.2, 0.25) is 0 Å². The minimum absolute atomic E-state index is 0.0488. The molecule has 2 atom stereocenters. The van der Waals surface area contributed by atoms with Crippen molar-refractivity contribution in [2.24, 2.45) is 9.98 Å². The number of methoxy groups -OCH3 is 2. The summed E-state index contributed by atoms with van der Waals surface area (Å²) >= 11 is 0. The molecule has 9 heteroatoms. The first kappa shape index (κ1) is 37.6. The Hall–Kier alpha value is -3.82. The third-order valence-electron chi connectivity index (χ3n) is 8.80. The Morgan fingerprint density at radius 3 is 1.40 bits per heavy atom. The molecule has 2 aromatic carbocycles. The fourth-order valence-corrected chi connectivity index (χ4v) is 5.91. The Morgan fingerprint density at radius 2 is 1.06 bits per heavy atom. The van der Waals surface area contributed by atoms with Crippen LogP contribution in [0.3, 0.4) is 0 Å². The standard InChI is InChI=1S/C38H57N5O4/c1-9-42(10-2)23-15-17-27(5)39-35(29-19-13-21-31(25-29)46-7)33-34(38(45)41-37(33)44)36(30-20-14-22-32(26-30)47-8)40-28(6)18-16-24-43(11-3)12-4/h13-14,19-22,25-28,41,44-45H,9-12,15-18,23-24H2,1-8H3. The topological polar surface area (TPSA) is 106 Å². The molecule has 0 bridgehead atoms. The molecule has 9 nitrogen and oxygen atoms in total. The van der Waals surface area contributed by atoms with Crippen molar-refractivity contribution < 1.29 is 19.7 Å². The molecular weight excluding hydrogens is 590 g/mol. The number of aromatic hydroxyl groups is 2.